The number of diazo groups is 1. The van der Waals surface area contributed by atoms with E-state index in [2.05, 4.69) is 10.5 Å². The number of anilines is 1. The molecule has 3 heteroatoms. The first-order chi connectivity index (χ1) is 4.43. The summed E-state index contributed by atoms with van der Waals surface area (Å²) in [6, 6.07) is 9.21. The summed E-state index contributed by atoms with van der Waals surface area (Å²) in [4.78, 5) is 0. The lowest BCUT2D eigenvalue weighted by Gasteiger charge is -1.82. The average Bonchev–Trinajstić information content (AvgIpc) is 1.91. The molecule has 0 saturated heterocycles. The van der Waals surface area contributed by atoms with E-state index < -0.39 is 0 Å². The topological polar surface area (TPSA) is 40.2 Å². The highest BCUT2D eigenvalue weighted by molar-refractivity contribution is 5.42. The van der Waals surface area contributed by atoms with Crippen LogP contribution < -0.4 is 5.43 Å². The molecule has 0 saturated carbocycles. The van der Waals surface area contributed by atoms with Crippen LogP contribution in [0.2, 0.25) is 0 Å². The number of hydrogen-bond donors (Lipinski definition) is 1. The van der Waals surface area contributed by atoms with Crippen LogP contribution in [0.1, 0.15) is 0 Å². The summed E-state index contributed by atoms with van der Waals surface area (Å²) in [5.41, 5.74) is 3.17. The predicted octanol–water partition coefficient (Wildman–Crippen LogP) is 1.87. The Kier molecular flexibility index (Phi) is 1.66. The van der Waals surface area contributed by atoms with Crippen molar-refractivity contribution in [3.8, 4) is 0 Å². The largest absolute Gasteiger partial charge is 0.308 e. The second-order valence-electron chi connectivity index (χ2n) is 1.58. The maximum absolute atomic E-state index is 8.03. The fraction of sp³-hybridized carbons (Fsp3) is 0. The minimum Gasteiger partial charge on any atom is -0.0621 e. The SMILES string of the molecule is N#[N+]Nc1ccccc1. The summed E-state index contributed by atoms with van der Waals surface area (Å²) in [6.45, 7) is 0. The van der Waals surface area contributed by atoms with E-state index in [0.717, 1.165) is 5.69 Å². The van der Waals surface area contributed by atoms with Gasteiger partial charge < -0.3 is 0 Å². The maximum atomic E-state index is 8.03. The normalized spacial score (nSPS) is 7.89. The molecule has 1 aromatic rings. The highest BCUT2D eigenvalue weighted by atomic mass is 15.3. The fourth-order valence-corrected chi connectivity index (χ4v) is 0.570. The number of nitrogens with zero attached hydrogens (tertiary/aromatic N) is 2. The van der Waals surface area contributed by atoms with E-state index in [0.29, 0.717) is 0 Å². The summed E-state index contributed by atoms with van der Waals surface area (Å²) in [5, 5.41) is 10.8. The number of para-hydroxylation sites is 1. The van der Waals surface area contributed by atoms with Crippen LogP contribution in [0.25, 0.3) is 5.08 Å². The van der Waals surface area contributed by atoms with E-state index in [4.69, 9.17) is 5.39 Å². The lowest BCUT2D eigenvalue weighted by atomic mass is 10.3. The number of nitrogens with one attached hydrogen (secondary N) is 1. The van der Waals surface area contributed by atoms with Gasteiger partial charge in [-0.3, -0.25) is 0 Å². The Balaban J connectivity index is 2.76. The summed E-state index contributed by atoms with van der Waals surface area (Å²) in [7, 11) is 0. The van der Waals surface area contributed by atoms with Crippen molar-refractivity contribution in [3.05, 3.63) is 35.4 Å². The number of rotatable bonds is 1. The minimum atomic E-state index is 0.778. The van der Waals surface area contributed by atoms with E-state index in [1.54, 1.807) is 12.1 Å². The lowest BCUT2D eigenvalue weighted by Crippen LogP contribution is -1.80. The van der Waals surface area contributed by atoms with E-state index >= 15 is 0 Å². The monoisotopic (exact) mass is 120 g/mol. The summed E-state index contributed by atoms with van der Waals surface area (Å²) < 4.78 is 0. The van der Waals surface area contributed by atoms with Crippen LogP contribution in [0, 0.1) is 5.39 Å². The lowest BCUT2D eigenvalue weighted by molar-refractivity contribution is 1.39. The van der Waals surface area contributed by atoms with E-state index in [-0.39, 0.29) is 0 Å². The second-order valence-corrected chi connectivity index (χ2v) is 1.58. The molecule has 44 valence electrons. The predicted molar refractivity (Wildman–Crippen MR) is 35.1 cm³/mol. The number of benzene rings is 1. The molecule has 0 radical (unpaired) electrons. The van der Waals surface area contributed by atoms with Gasteiger partial charge in [-0.1, -0.05) is 18.2 Å². The molecule has 0 bridgehead atoms. The van der Waals surface area contributed by atoms with Crippen molar-refractivity contribution in [1.29, 1.82) is 5.39 Å². The van der Waals surface area contributed by atoms with Crippen LogP contribution in [0.15, 0.2) is 30.3 Å². The second kappa shape index (κ2) is 2.68. The van der Waals surface area contributed by atoms with E-state index in [1.165, 1.54) is 0 Å². The average molecular weight is 120 g/mol. The molecule has 0 heterocycles. The van der Waals surface area contributed by atoms with Gasteiger partial charge in [-0.15, -0.1) is 0 Å². The van der Waals surface area contributed by atoms with Gasteiger partial charge in [-0.25, -0.2) is 0 Å². The van der Waals surface area contributed by atoms with Crippen molar-refractivity contribution in [2.24, 2.45) is 0 Å². The first-order valence-corrected chi connectivity index (χ1v) is 2.58. The highest BCUT2D eigenvalue weighted by Crippen LogP contribution is 2.03. The first kappa shape index (κ1) is 5.57. The van der Waals surface area contributed by atoms with Crippen LogP contribution in [-0.4, -0.2) is 0 Å². The van der Waals surface area contributed by atoms with E-state index in [1.807, 2.05) is 18.2 Å². The Labute approximate surface area is 52.9 Å². The highest BCUT2D eigenvalue weighted by Gasteiger charge is 1.90. The molecular weight excluding hydrogens is 114 g/mol. The Bertz CT molecular complexity index is 211. The number of hydrogen-bond acceptors (Lipinski definition) is 2. The zero-order valence-electron chi connectivity index (χ0n) is 4.78. The Hall–Kier alpha value is -1.56. The third-order valence-corrected chi connectivity index (χ3v) is 0.953. The van der Waals surface area contributed by atoms with Crippen LogP contribution in [0.5, 0.6) is 0 Å². The van der Waals surface area contributed by atoms with Gasteiger partial charge in [0.2, 0.25) is 0 Å². The summed E-state index contributed by atoms with van der Waals surface area (Å²) in [5.74, 6) is 0. The maximum Gasteiger partial charge on any atom is 0.308 e. The summed E-state index contributed by atoms with van der Waals surface area (Å²) >= 11 is 0. The van der Waals surface area contributed by atoms with Crippen LogP contribution >= 0.6 is 0 Å². The zero-order valence-corrected chi connectivity index (χ0v) is 4.78. The van der Waals surface area contributed by atoms with Gasteiger partial charge in [0.25, 0.3) is 5.39 Å². The van der Waals surface area contributed by atoms with Gasteiger partial charge in [-0.2, -0.15) is 0 Å². The van der Waals surface area contributed by atoms with Gasteiger partial charge in [-0.05, 0) is 17.6 Å². The van der Waals surface area contributed by atoms with Crippen LogP contribution in [0.4, 0.5) is 5.69 Å². The summed E-state index contributed by atoms with van der Waals surface area (Å²) in [6.07, 6.45) is 0. The van der Waals surface area contributed by atoms with Crippen molar-refractivity contribution in [3.63, 3.8) is 0 Å². The van der Waals surface area contributed by atoms with Crippen molar-refractivity contribution >= 4 is 5.69 Å². The smallest absolute Gasteiger partial charge is 0.0621 e. The molecule has 9 heavy (non-hydrogen) atoms. The van der Waals surface area contributed by atoms with Crippen molar-refractivity contribution in [2.75, 3.05) is 5.43 Å². The molecule has 1 N–H and O–H groups in total. The Morgan fingerprint density at radius 1 is 1.22 bits per heavy atom. The molecular formula is C6H6N3+. The van der Waals surface area contributed by atoms with Gasteiger partial charge in [0.15, 0.2) is 0 Å². The molecule has 0 unspecified atom stereocenters. The molecule has 0 aliphatic carbocycles. The van der Waals surface area contributed by atoms with Crippen molar-refractivity contribution < 1.29 is 0 Å². The van der Waals surface area contributed by atoms with Gasteiger partial charge >= 0.3 is 5.08 Å². The van der Waals surface area contributed by atoms with Gasteiger partial charge in [0.1, 0.15) is 5.69 Å². The minimum absolute atomic E-state index is 0.778. The first-order valence-electron chi connectivity index (χ1n) is 2.58. The van der Waals surface area contributed by atoms with Gasteiger partial charge in [0.05, 0.1) is 0 Å². The third kappa shape index (κ3) is 1.42. The molecule has 0 atom stereocenters. The standard InChI is InChI=1S/C6H6N3/c7-9-8-6-4-2-1-3-5-6/h1-5,8H/q+1. The quantitative estimate of drug-likeness (QED) is 0.454. The van der Waals surface area contributed by atoms with Crippen LogP contribution in [0.3, 0.4) is 0 Å². The van der Waals surface area contributed by atoms with E-state index in [9.17, 15) is 0 Å². The Morgan fingerprint density at radius 3 is 2.44 bits per heavy atom. The molecule has 0 aliphatic rings. The third-order valence-electron chi connectivity index (χ3n) is 0.953. The molecule has 0 amide bonds. The Morgan fingerprint density at radius 2 is 1.89 bits per heavy atom. The molecule has 1 aromatic carbocycles. The van der Waals surface area contributed by atoms with Crippen LogP contribution in [-0.2, 0) is 0 Å². The fourth-order valence-electron chi connectivity index (χ4n) is 0.570. The molecule has 0 fully saturated rings. The van der Waals surface area contributed by atoms with Crippen molar-refractivity contribution in [1.82, 2.24) is 0 Å². The molecule has 1 rings (SSSR count). The van der Waals surface area contributed by atoms with Crippen molar-refractivity contribution in [2.45, 2.75) is 0 Å². The van der Waals surface area contributed by atoms with Gasteiger partial charge in [0, 0.05) is 0 Å². The molecule has 3 nitrogen and oxygen atoms in total. The molecule has 0 spiro atoms. The zero-order chi connectivity index (χ0) is 6.53. The molecule has 0 aliphatic heterocycles. The molecule has 0 aromatic heterocycles.